The molecule has 0 fully saturated rings. The van der Waals surface area contributed by atoms with Crippen LogP contribution in [0, 0.1) is 13.8 Å². The van der Waals surface area contributed by atoms with Crippen LogP contribution in [0.15, 0.2) is 28.7 Å². The Morgan fingerprint density at radius 1 is 1.00 bits per heavy atom. The average molecular weight is 475 g/mol. The highest BCUT2D eigenvalue weighted by Gasteiger charge is 2.34. The summed E-state index contributed by atoms with van der Waals surface area (Å²) in [5.41, 5.74) is 3.03. The molecule has 0 bridgehead atoms. The number of unbranched alkanes of at least 4 members (excludes halogenated alkanes) is 2. The van der Waals surface area contributed by atoms with E-state index in [9.17, 15) is 14.4 Å². The van der Waals surface area contributed by atoms with E-state index in [-0.39, 0.29) is 17.7 Å². The van der Waals surface area contributed by atoms with Gasteiger partial charge in [-0.3, -0.25) is 24.0 Å². The van der Waals surface area contributed by atoms with E-state index in [0.29, 0.717) is 37.1 Å². The van der Waals surface area contributed by atoms with Gasteiger partial charge in [0.15, 0.2) is 0 Å². The molecule has 0 spiro atoms. The van der Waals surface area contributed by atoms with E-state index in [1.54, 1.807) is 24.3 Å². The van der Waals surface area contributed by atoms with Crippen LogP contribution in [0.1, 0.15) is 64.2 Å². The molecule has 0 unspecified atom stereocenters. The summed E-state index contributed by atoms with van der Waals surface area (Å²) in [7, 11) is 0. The number of carbonyl (C=O) groups excluding carboxylic acids is 3. The van der Waals surface area contributed by atoms with E-state index >= 15 is 0 Å². The van der Waals surface area contributed by atoms with Crippen molar-refractivity contribution < 1.29 is 14.4 Å². The summed E-state index contributed by atoms with van der Waals surface area (Å²) in [5.74, 6) is -0.406. The molecule has 0 aliphatic carbocycles. The Morgan fingerprint density at radius 2 is 1.67 bits per heavy atom. The molecule has 160 valence electrons. The van der Waals surface area contributed by atoms with E-state index < -0.39 is 0 Å². The first-order chi connectivity index (χ1) is 14.4. The minimum Gasteiger partial charge on any atom is -0.356 e. The second kappa shape index (κ2) is 10.0. The number of halogens is 1. The van der Waals surface area contributed by atoms with Crippen LogP contribution in [0.5, 0.6) is 0 Å². The summed E-state index contributed by atoms with van der Waals surface area (Å²) < 4.78 is 2.98. The van der Waals surface area contributed by atoms with Crippen LogP contribution in [-0.4, -0.2) is 45.5 Å². The van der Waals surface area contributed by atoms with Crippen LogP contribution in [0.3, 0.4) is 0 Å². The predicted octanol–water partition coefficient (Wildman–Crippen LogP) is 3.63. The minimum atomic E-state index is -0.219. The number of carbonyl (C=O) groups is 3. The van der Waals surface area contributed by atoms with E-state index in [1.165, 1.54) is 4.90 Å². The molecule has 3 rings (SSSR count). The molecule has 1 aromatic heterocycles. The summed E-state index contributed by atoms with van der Waals surface area (Å²) in [4.78, 5) is 37.9. The van der Waals surface area contributed by atoms with Gasteiger partial charge in [-0.2, -0.15) is 5.10 Å². The maximum absolute atomic E-state index is 12.3. The highest BCUT2D eigenvalue weighted by Crippen LogP contribution is 2.23. The molecule has 0 saturated heterocycles. The standard InChI is InChI=1S/C22H27BrN4O3/c1-15-20(23)16(2)27(25-15)14-8-12-24-19(28)11-4-3-7-13-26-21(29)17-9-5-6-10-18(17)22(26)30/h5-6,9-10H,3-4,7-8,11-14H2,1-2H3,(H,24,28). The zero-order valence-electron chi connectivity index (χ0n) is 17.4. The van der Waals surface area contributed by atoms with Gasteiger partial charge in [0, 0.05) is 31.7 Å². The molecule has 0 saturated carbocycles. The second-order valence-corrected chi connectivity index (χ2v) is 8.32. The number of amides is 3. The van der Waals surface area contributed by atoms with Crippen LogP contribution in [0.4, 0.5) is 0 Å². The number of hydrogen-bond donors (Lipinski definition) is 1. The fourth-order valence-electron chi connectivity index (χ4n) is 3.61. The van der Waals surface area contributed by atoms with E-state index in [2.05, 4.69) is 26.3 Å². The van der Waals surface area contributed by atoms with E-state index in [4.69, 9.17) is 0 Å². The number of fused-ring (bicyclic) bond motifs is 1. The minimum absolute atomic E-state index is 0.0327. The van der Waals surface area contributed by atoms with Crippen molar-refractivity contribution in [3.8, 4) is 0 Å². The summed E-state index contributed by atoms with van der Waals surface area (Å²) in [6, 6.07) is 6.91. The molecule has 1 aliphatic rings. The quantitative estimate of drug-likeness (QED) is 0.420. The fourth-order valence-corrected chi connectivity index (χ4v) is 3.90. The Kier molecular flexibility index (Phi) is 7.42. The van der Waals surface area contributed by atoms with E-state index in [0.717, 1.165) is 41.7 Å². The lowest BCUT2D eigenvalue weighted by Gasteiger charge is -2.13. The fraction of sp³-hybridized carbons (Fsp3) is 0.455. The Morgan fingerprint density at radius 3 is 2.27 bits per heavy atom. The van der Waals surface area contributed by atoms with Crippen molar-refractivity contribution in [3.05, 3.63) is 51.3 Å². The third kappa shape index (κ3) is 4.98. The molecule has 0 radical (unpaired) electrons. The highest BCUT2D eigenvalue weighted by molar-refractivity contribution is 9.10. The lowest BCUT2D eigenvalue weighted by molar-refractivity contribution is -0.121. The molecule has 1 aliphatic heterocycles. The molecule has 7 nitrogen and oxygen atoms in total. The van der Waals surface area contributed by atoms with Crippen molar-refractivity contribution in [2.75, 3.05) is 13.1 Å². The van der Waals surface area contributed by atoms with Crippen LogP contribution in [0.2, 0.25) is 0 Å². The maximum Gasteiger partial charge on any atom is 0.261 e. The molecule has 2 heterocycles. The van der Waals surface area contributed by atoms with Gasteiger partial charge in [-0.05, 0) is 61.2 Å². The summed E-state index contributed by atoms with van der Waals surface area (Å²) in [6.45, 7) is 5.75. The van der Waals surface area contributed by atoms with Gasteiger partial charge in [0.25, 0.3) is 11.8 Å². The summed E-state index contributed by atoms with van der Waals surface area (Å²) in [5, 5.41) is 7.40. The van der Waals surface area contributed by atoms with Gasteiger partial charge in [-0.25, -0.2) is 0 Å². The van der Waals surface area contributed by atoms with Gasteiger partial charge in [0.05, 0.1) is 21.3 Å². The number of hydrogen-bond acceptors (Lipinski definition) is 4. The van der Waals surface area contributed by atoms with Crippen molar-refractivity contribution in [3.63, 3.8) is 0 Å². The van der Waals surface area contributed by atoms with Crippen molar-refractivity contribution >= 4 is 33.7 Å². The number of nitrogens with zero attached hydrogens (tertiary/aromatic N) is 3. The Balaban J connectivity index is 1.28. The SMILES string of the molecule is Cc1nn(CCCNC(=O)CCCCCN2C(=O)c3ccccc3C2=O)c(C)c1Br. The second-order valence-electron chi connectivity index (χ2n) is 7.53. The first kappa shape index (κ1) is 22.2. The monoisotopic (exact) mass is 474 g/mol. The third-order valence-electron chi connectivity index (χ3n) is 5.33. The Labute approximate surface area is 184 Å². The number of imide groups is 1. The van der Waals surface area contributed by atoms with Gasteiger partial charge < -0.3 is 5.32 Å². The Bertz CT molecular complexity index is 919. The predicted molar refractivity (Wildman–Crippen MR) is 117 cm³/mol. The lowest BCUT2D eigenvalue weighted by atomic mass is 10.1. The van der Waals surface area contributed by atoms with Crippen LogP contribution in [0.25, 0.3) is 0 Å². The largest absolute Gasteiger partial charge is 0.356 e. The topological polar surface area (TPSA) is 84.3 Å². The first-order valence-electron chi connectivity index (χ1n) is 10.3. The van der Waals surface area contributed by atoms with Crippen LogP contribution < -0.4 is 5.32 Å². The molecule has 1 N–H and O–H groups in total. The van der Waals surface area contributed by atoms with Gasteiger partial charge >= 0.3 is 0 Å². The van der Waals surface area contributed by atoms with Gasteiger partial charge in [0.2, 0.25) is 5.91 Å². The van der Waals surface area contributed by atoms with Crippen LogP contribution >= 0.6 is 15.9 Å². The smallest absolute Gasteiger partial charge is 0.261 e. The maximum atomic E-state index is 12.3. The van der Waals surface area contributed by atoms with Crippen molar-refractivity contribution in [2.45, 2.75) is 52.5 Å². The number of nitrogens with one attached hydrogen (secondary N) is 1. The lowest BCUT2D eigenvalue weighted by Crippen LogP contribution is -2.30. The zero-order chi connectivity index (χ0) is 21.7. The number of rotatable bonds is 10. The van der Waals surface area contributed by atoms with Gasteiger partial charge in [-0.15, -0.1) is 0 Å². The van der Waals surface area contributed by atoms with Crippen LogP contribution in [-0.2, 0) is 11.3 Å². The molecular weight excluding hydrogens is 448 g/mol. The normalized spacial score (nSPS) is 13.1. The van der Waals surface area contributed by atoms with Gasteiger partial charge in [0.1, 0.15) is 0 Å². The molecular formula is C22H27BrN4O3. The molecule has 0 atom stereocenters. The number of aryl methyl sites for hydroxylation is 2. The Hall–Kier alpha value is -2.48. The van der Waals surface area contributed by atoms with Crippen molar-refractivity contribution in [1.29, 1.82) is 0 Å². The number of benzene rings is 1. The van der Waals surface area contributed by atoms with Gasteiger partial charge in [-0.1, -0.05) is 18.6 Å². The number of aromatic nitrogens is 2. The molecule has 8 heteroatoms. The van der Waals surface area contributed by atoms with Crippen molar-refractivity contribution in [2.24, 2.45) is 0 Å². The molecule has 30 heavy (non-hydrogen) atoms. The summed E-state index contributed by atoms with van der Waals surface area (Å²) >= 11 is 3.52. The molecule has 2 aromatic rings. The highest BCUT2D eigenvalue weighted by atomic mass is 79.9. The van der Waals surface area contributed by atoms with E-state index in [1.807, 2.05) is 18.5 Å². The molecule has 3 amide bonds. The first-order valence-corrected chi connectivity index (χ1v) is 11.1. The van der Waals surface area contributed by atoms with Crippen molar-refractivity contribution in [1.82, 2.24) is 20.0 Å². The molecule has 1 aromatic carbocycles. The average Bonchev–Trinajstić information content (AvgIpc) is 3.13. The summed E-state index contributed by atoms with van der Waals surface area (Å²) in [6.07, 6.45) is 3.50. The zero-order valence-corrected chi connectivity index (χ0v) is 19.0. The third-order valence-corrected chi connectivity index (χ3v) is 6.47.